The number of para-hydroxylation sites is 1. The van der Waals surface area contributed by atoms with Crippen LogP contribution < -0.4 is 10.0 Å². The highest BCUT2D eigenvalue weighted by Crippen LogP contribution is 2.32. The molecule has 2 aromatic carbocycles. The number of carbonyl (C=O) groups excluding carboxylic acids is 1. The Morgan fingerprint density at radius 1 is 0.867 bits per heavy atom. The number of benzene rings is 2. The first-order valence-corrected chi connectivity index (χ1v) is 11.7. The van der Waals surface area contributed by atoms with Crippen LogP contribution in [-0.4, -0.2) is 24.8 Å². The Morgan fingerprint density at radius 2 is 1.40 bits per heavy atom. The zero-order valence-corrected chi connectivity index (χ0v) is 19.5. The number of nitrogens with zero attached hydrogens (tertiary/aromatic N) is 1. The number of anilines is 1. The Labute approximate surface area is 180 Å². The van der Waals surface area contributed by atoms with E-state index in [-0.39, 0.29) is 24.4 Å². The van der Waals surface area contributed by atoms with Crippen LogP contribution in [0.2, 0.25) is 0 Å². The second-order valence-electron chi connectivity index (χ2n) is 8.31. The molecule has 164 valence electrons. The van der Waals surface area contributed by atoms with Gasteiger partial charge >= 0.3 is 16.2 Å². The molecule has 0 aliphatic carbocycles. The Kier molecular flexibility index (Phi) is 8.03. The molecule has 7 heteroatoms. The standard InChI is InChI=1S/C23H33N3O3S/c1-16(2)20-13-10-14-21(17(3)4)22(20)24-23(27)25-30(28,29)26(18(5)6)15-19-11-8-7-9-12-19/h7-14,16-18H,15H2,1-6H3,(H2,24,25,27). The number of rotatable bonds is 8. The van der Waals surface area contributed by atoms with Crippen LogP contribution in [0.25, 0.3) is 0 Å². The molecule has 0 spiro atoms. The summed E-state index contributed by atoms with van der Waals surface area (Å²) in [5.41, 5.74) is 3.47. The van der Waals surface area contributed by atoms with Crippen molar-refractivity contribution in [2.24, 2.45) is 0 Å². The fourth-order valence-corrected chi connectivity index (χ4v) is 4.60. The molecule has 30 heavy (non-hydrogen) atoms. The number of urea groups is 1. The highest BCUT2D eigenvalue weighted by molar-refractivity contribution is 7.87. The largest absolute Gasteiger partial charge is 0.333 e. The Balaban J connectivity index is 2.26. The molecule has 0 bridgehead atoms. The maximum atomic E-state index is 13.0. The van der Waals surface area contributed by atoms with Gasteiger partial charge in [-0.1, -0.05) is 76.2 Å². The van der Waals surface area contributed by atoms with Crippen LogP contribution in [0.1, 0.15) is 70.1 Å². The van der Waals surface area contributed by atoms with Crippen molar-refractivity contribution in [1.29, 1.82) is 0 Å². The lowest BCUT2D eigenvalue weighted by molar-refractivity contribution is 0.255. The third kappa shape index (κ3) is 6.06. The van der Waals surface area contributed by atoms with E-state index in [9.17, 15) is 13.2 Å². The molecule has 0 saturated heterocycles. The number of amides is 2. The first-order chi connectivity index (χ1) is 14.0. The van der Waals surface area contributed by atoms with Crippen molar-refractivity contribution in [2.45, 2.75) is 66.0 Å². The summed E-state index contributed by atoms with van der Waals surface area (Å²) >= 11 is 0. The lowest BCUT2D eigenvalue weighted by Gasteiger charge is -2.26. The molecule has 0 aromatic heterocycles. The van der Waals surface area contributed by atoms with E-state index in [0.717, 1.165) is 16.7 Å². The summed E-state index contributed by atoms with van der Waals surface area (Å²) < 4.78 is 29.4. The van der Waals surface area contributed by atoms with E-state index in [1.54, 1.807) is 13.8 Å². The maximum absolute atomic E-state index is 13.0. The summed E-state index contributed by atoms with van der Waals surface area (Å²) in [4.78, 5) is 12.7. The molecule has 0 aliphatic rings. The molecule has 2 rings (SSSR count). The maximum Gasteiger partial charge on any atom is 0.333 e. The van der Waals surface area contributed by atoms with Gasteiger partial charge in [0.15, 0.2) is 0 Å². The minimum Gasteiger partial charge on any atom is -0.307 e. The third-order valence-electron chi connectivity index (χ3n) is 4.90. The van der Waals surface area contributed by atoms with Crippen molar-refractivity contribution in [3.63, 3.8) is 0 Å². The summed E-state index contributed by atoms with van der Waals surface area (Å²) in [6.07, 6.45) is 0. The predicted octanol–water partition coefficient (Wildman–Crippen LogP) is 5.21. The smallest absolute Gasteiger partial charge is 0.307 e. The first kappa shape index (κ1) is 23.9. The van der Waals surface area contributed by atoms with E-state index in [0.29, 0.717) is 5.69 Å². The van der Waals surface area contributed by atoms with Gasteiger partial charge in [-0.15, -0.1) is 0 Å². The lowest BCUT2D eigenvalue weighted by atomic mass is 9.93. The Morgan fingerprint density at radius 3 is 1.87 bits per heavy atom. The van der Waals surface area contributed by atoms with Crippen LogP contribution in [0.4, 0.5) is 10.5 Å². The topological polar surface area (TPSA) is 78.5 Å². The monoisotopic (exact) mass is 431 g/mol. The average Bonchev–Trinajstić information content (AvgIpc) is 2.65. The predicted molar refractivity (Wildman–Crippen MR) is 123 cm³/mol. The molecule has 0 aliphatic heterocycles. The van der Waals surface area contributed by atoms with Gasteiger partial charge in [-0.25, -0.2) is 9.52 Å². The molecule has 0 unspecified atom stereocenters. The highest BCUT2D eigenvalue weighted by atomic mass is 32.2. The van der Waals surface area contributed by atoms with Crippen molar-refractivity contribution in [1.82, 2.24) is 9.03 Å². The van der Waals surface area contributed by atoms with Crippen molar-refractivity contribution in [3.05, 3.63) is 65.2 Å². The van der Waals surface area contributed by atoms with Crippen molar-refractivity contribution < 1.29 is 13.2 Å². The van der Waals surface area contributed by atoms with Gasteiger partial charge in [0.25, 0.3) is 0 Å². The van der Waals surface area contributed by atoms with Crippen LogP contribution >= 0.6 is 0 Å². The normalized spacial score (nSPS) is 12.1. The number of nitrogens with one attached hydrogen (secondary N) is 2. The molecular weight excluding hydrogens is 398 g/mol. The summed E-state index contributed by atoms with van der Waals surface area (Å²) in [6.45, 7) is 11.9. The third-order valence-corrected chi connectivity index (χ3v) is 6.51. The summed E-state index contributed by atoms with van der Waals surface area (Å²) in [5.74, 6) is 0.363. The number of carbonyl (C=O) groups is 1. The van der Waals surface area contributed by atoms with Gasteiger partial charge in [-0.3, -0.25) is 0 Å². The second kappa shape index (κ2) is 10.1. The van der Waals surface area contributed by atoms with Crippen LogP contribution in [0.3, 0.4) is 0 Å². The van der Waals surface area contributed by atoms with Gasteiger partial charge in [-0.2, -0.15) is 12.7 Å². The van der Waals surface area contributed by atoms with Crippen LogP contribution in [0.15, 0.2) is 48.5 Å². The molecule has 2 N–H and O–H groups in total. The van der Waals surface area contributed by atoms with Gasteiger partial charge in [0.2, 0.25) is 0 Å². The molecule has 0 fully saturated rings. The second-order valence-corrected chi connectivity index (χ2v) is 9.93. The zero-order chi connectivity index (χ0) is 22.5. The SMILES string of the molecule is CC(C)c1cccc(C(C)C)c1NC(=O)NS(=O)(=O)N(Cc1ccccc1)C(C)C. The fourth-order valence-electron chi connectivity index (χ4n) is 3.32. The van der Waals surface area contributed by atoms with Crippen LogP contribution in [-0.2, 0) is 16.8 Å². The van der Waals surface area contributed by atoms with Crippen molar-refractivity contribution in [2.75, 3.05) is 5.32 Å². The van der Waals surface area contributed by atoms with E-state index in [1.807, 2.05) is 76.2 Å². The minimum atomic E-state index is -4.03. The molecule has 2 aromatic rings. The Bertz CT molecular complexity index is 929. The lowest BCUT2D eigenvalue weighted by Crippen LogP contribution is -2.47. The van der Waals surface area contributed by atoms with E-state index >= 15 is 0 Å². The molecule has 0 saturated carbocycles. The first-order valence-electron chi connectivity index (χ1n) is 10.3. The van der Waals surface area contributed by atoms with Gasteiger partial charge < -0.3 is 5.32 Å². The van der Waals surface area contributed by atoms with E-state index in [1.165, 1.54) is 4.31 Å². The zero-order valence-electron chi connectivity index (χ0n) is 18.6. The van der Waals surface area contributed by atoms with E-state index < -0.39 is 16.2 Å². The molecular formula is C23H33N3O3S. The van der Waals surface area contributed by atoms with Crippen LogP contribution in [0, 0.1) is 0 Å². The fraction of sp³-hybridized carbons (Fsp3) is 0.435. The highest BCUT2D eigenvalue weighted by Gasteiger charge is 2.28. The molecule has 0 atom stereocenters. The van der Waals surface area contributed by atoms with E-state index in [2.05, 4.69) is 10.0 Å². The van der Waals surface area contributed by atoms with Gasteiger partial charge in [0, 0.05) is 18.3 Å². The van der Waals surface area contributed by atoms with E-state index in [4.69, 9.17) is 0 Å². The van der Waals surface area contributed by atoms with Gasteiger partial charge in [0.05, 0.1) is 0 Å². The summed E-state index contributed by atoms with van der Waals surface area (Å²) in [7, 11) is -4.03. The van der Waals surface area contributed by atoms with Crippen molar-refractivity contribution in [3.8, 4) is 0 Å². The molecule has 6 nitrogen and oxygen atoms in total. The number of hydrogen-bond donors (Lipinski definition) is 2. The molecule has 0 radical (unpaired) electrons. The van der Waals surface area contributed by atoms with Crippen LogP contribution in [0.5, 0.6) is 0 Å². The number of hydrogen-bond acceptors (Lipinski definition) is 3. The quantitative estimate of drug-likeness (QED) is 0.602. The van der Waals surface area contributed by atoms with Gasteiger partial charge in [-0.05, 0) is 42.4 Å². The van der Waals surface area contributed by atoms with Crippen molar-refractivity contribution >= 4 is 21.9 Å². The molecule has 0 heterocycles. The molecule has 2 amide bonds. The minimum absolute atomic E-state index is 0.181. The summed E-state index contributed by atoms with van der Waals surface area (Å²) in [6, 6.07) is 14.1. The average molecular weight is 432 g/mol. The Hall–Kier alpha value is -2.38. The summed E-state index contributed by atoms with van der Waals surface area (Å²) in [5, 5.41) is 2.80. The van der Waals surface area contributed by atoms with Gasteiger partial charge in [0.1, 0.15) is 0 Å².